The minimum absolute atomic E-state index is 0.0194. The maximum absolute atomic E-state index is 12.5. The Morgan fingerprint density at radius 3 is 2.28 bits per heavy atom. The van der Waals surface area contributed by atoms with Gasteiger partial charge in [-0.05, 0) is 42.5 Å². The quantitative estimate of drug-likeness (QED) is 0.523. The van der Waals surface area contributed by atoms with Gasteiger partial charge in [0.05, 0.1) is 0 Å². The molecule has 0 saturated carbocycles. The lowest BCUT2D eigenvalue weighted by molar-refractivity contribution is 0.0663. The Balaban J connectivity index is 1.21. The summed E-state index contributed by atoms with van der Waals surface area (Å²) in [7, 11) is 0. The Morgan fingerprint density at radius 1 is 0.906 bits per heavy atom. The van der Waals surface area contributed by atoms with E-state index in [1.807, 2.05) is 36.4 Å². The van der Waals surface area contributed by atoms with Crippen LogP contribution >= 0.6 is 11.6 Å². The van der Waals surface area contributed by atoms with E-state index in [1.165, 1.54) is 0 Å². The Bertz CT molecular complexity index is 1020. The number of benzene rings is 3. The van der Waals surface area contributed by atoms with Gasteiger partial charge in [-0.1, -0.05) is 48.0 Å². The first-order valence-electron chi connectivity index (χ1n) is 10.8. The number of rotatable bonds is 8. The zero-order valence-electron chi connectivity index (χ0n) is 17.9. The number of carbonyl (C=O) groups is 1. The Hall–Kier alpha value is -2.86. The van der Waals surface area contributed by atoms with Crippen molar-refractivity contribution in [2.45, 2.75) is 6.10 Å². The predicted octanol–water partition coefficient (Wildman–Crippen LogP) is 4.13. The van der Waals surface area contributed by atoms with E-state index in [0.717, 1.165) is 36.9 Å². The van der Waals surface area contributed by atoms with Gasteiger partial charge < -0.3 is 14.7 Å². The molecule has 1 aliphatic heterocycles. The van der Waals surface area contributed by atoms with Crippen LogP contribution in [-0.4, -0.2) is 61.2 Å². The molecule has 0 radical (unpaired) electrons. The summed E-state index contributed by atoms with van der Waals surface area (Å²) in [6, 6.07) is 24.2. The van der Waals surface area contributed by atoms with E-state index in [4.69, 9.17) is 16.3 Å². The third-order valence-electron chi connectivity index (χ3n) is 5.61. The molecule has 0 bridgehead atoms. The van der Waals surface area contributed by atoms with Crippen LogP contribution in [0.2, 0.25) is 5.02 Å². The van der Waals surface area contributed by atoms with Crippen molar-refractivity contribution in [2.24, 2.45) is 0 Å². The third-order valence-corrected chi connectivity index (χ3v) is 5.84. The van der Waals surface area contributed by atoms with Gasteiger partial charge in [-0.15, -0.1) is 0 Å². The van der Waals surface area contributed by atoms with Crippen LogP contribution in [0.4, 0.5) is 5.69 Å². The topological polar surface area (TPSA) is 53.0 Å². The van der Waals surface area contributed by atoms with E-state index >= 15 is 0 Å². The van der Waals surface area contributed by atoms with Gasteiger partial charge in [0.25, 0.3) is 0 Å². The molecule has 3 aromatic rings. The van der Waals surface area contributed by atoms with Crippen LogP contribution in [-0.2, 0) is 0 Å². The first-order valence-corrected chi connectivity index (χ1v) is 11.2. The van der Waals surface area contributed by atoms with Crippen molar-refractivity contribution in [2.75, 3.05) is 44.2 Å². The van der Waals surface area contributed by atoms with E-state index in [1.54, 1.807) is 36.4 Å². The second-order valence-electron chi connectivity index (χ2n) is 7.95. The Labute approximate surface area is 193 Å². The van der Waals surface area contributed by atoms with Gasteiger partial charge in [-0.2, -0.15) is 0 Å². The molecular weight excluding hydrogens is 424 g/mol. The lowest BCUT2D eigenvalue weighted by atomic mass is 10.0. The number of hydrogen-bond donors (Lipinski definition) is 1. The fraction of sp³-hybridized carbons (Fsp3) is 0.269. The summed E-state index contributed by atoms with van der Waals surface area (Å²) in [5.74, 6) is 0.619. The molecule has 3 aromatic carbocycles. The van der Waals surface area contributed by atoms with Crippen molar-refractivity contribution >= 4 is 23.1 Å². The highest BCUT2D eigenvalue weighted by atomic mass is 35.5. The number of ether oxygens (including phenoxy) is 1. The van der Waals surface area contributed by atoms with Crippen LogP contribution in [0, 0.1) is 0 Å². The number of nitrogens with zero attached hydrogens (tertiary/aromatic N) is 2. The number of ketones is 1. The predicted molar refractivity (Wildman–Crippen MR) is 128 cm³/mol. The lowest BCUT2D eigenvalue weighted by Gasteiger charge is -2.36. The zero-order valence-corrected chi connectivity index (χ0v) is 18.6. The van der Waals surface area contributed by atoms with Crippen LogP contribution in [0.25, 0.3) is 0 Å². The molecule has 4 rings (SSSR count). The summed E-state index contributed by atoms with van der Waals surface area (Å²) in [4.78, 5) is 17.0. The number of anilines is 1. The number of carbonyl (C=O) groups excluding carboxylic acids is 1. The van der Waals surface area contributed by atoms with E-state index in [-0.39, 0.29) is 12.4 Å². The molecule has 32 heavy (non-hydrogen) atoms. The highest BCUT2D eigenvalue weighted by Gasteiger charge is 2.20. The first kappa shape index (κ1) is 22.3. The summed E-state index contributed by atoms with van der Waals surface area (Å²) in [6.07, 6.45) is -0.585. The normalized spacial score (nSPS) is 15.4. The summed E-state index contributed by atoms with van der Waals surface area (Å²) >= 11 is 6.10. The van der Waals surface area contributed by atoms with Crippen molar-refractivity contribution in [3.8, 4) is 5.75 Å². The van der Waals surface area contributed by atoms with Crippen LogP contribution in [0.1, 0.15) is 15.9 Å². The molecule has 0 amide bonds. The molecule has 0 aromatic heterocycles. The van der Waals surface area contributed by atoms with Crippen molar-refractivity contribution in [3.05, 3.63) is 95.0 Å². The van der Waals surface area contributed by atoms with Crippen LogP contribution in [0.5, 0.6) is 5.75 Å². The smallest absolute Gasteiger partial charge is 0.193 e. The molecule has 0 aliphatic carbocycles. The van der Waals surface area contributed by atoms with Crippen LogP contribution < -0.4 is 9.64 Å². The molecule has 0 unspecified atom stereocenters. The molecule has 1 aliphatic rings. The lowest BCUT2D eigenvalue weighted by Crippen LogP contribution is -2.49. The average molecular weight is 451 g/mol. The minimum Gasteiger partial charge on any atom is -0.491 e. The summed E-state index contributed by atoms with van der Waals surface area (Å²) < 4.78 is 5.74. The molecule has 1 heterocycles. The maximum atomic E-state index is 12.5. The molecule has 1 N–H and O–H groups in total. The van der Waals surface area contributed by atoms with E-state index in [2.05, 4.69) is 15.9 Å². The van der Waals surface area contributed by atoms with Gasteiger partial charge >= 0.3 is 0 Å². The summed E-state index contributed by atoms with van der Waals surface area (Å²) in [5.41, 5.74) is 2.41. The van der Waals surface area contributed by atoms with Crippen molar-refractivity contribution < 1.29 is 14.6 Å². The van der Waals surface area contributed by atoms with E-state index in [0.29, 0.717) is 23.4 Å². The van der Waals surface area contributed by atoms with Gasteiger partial charge in [0.1, 0.15) is 18.5 Å². The molecular formula is C26H27ClN2O3. The molecule has 5 nitrogen and oxygen atoms in total. The zero-order chi connectivity index (χ0) is 22.3. The highest BCUT2D eigenvalue weighted by Crippen LogP contribution is 2.21. The van der Waals surface area contributed by atoms with Crippen molar-refractivity contribution in [1.82, 2.24) is 4.90 Å². The minimum atomic E-state index is -0.585. The number of piperazine rings is 1. The molecule has 6 heteroatoms. The number of hydrogen-bond acceptors (Lipinski definition) is 5. The fourth-order valence-electron chi connectivity index (χ4n) is 3.86. The van der Waals surface area contributed by atoms with Crippen LogP contribution in [0.3, 0.4) is 0 Å². The van der Waals surface area contributed by atoms with Crippen molar-refractivity contribution in [3.63, 3.8) is 0 Å². The van der Waals surface area contributed by atoms with Gasteiger partial charge in [0, 0.05) is 54.6 Å². The van der Waals surface area contributed by atoms with Gasteiger partial charge in [0.2, 0.25) is 0 Å². The monoisotopic (exact) mass is 450 g/mol. The second kappa shape index (κ2) is 10.6. The maximum Gasteiger partial charge on any atom is 0.193 e. The third kappa shape index (κ3) is 5.88. The van der Waals surface area contributed by atoms with Crippen molar-refractivity contribution in [1.29, 1.82) is 0 Å². The first-order chi connectivity index (χ1) is 15.6. The molecule has 1 saturated heterocycles. The van der Waals surface area contributed by atoms with E-state index in [9.17, 15) is 9.90 Å². The molecule has 1 atom stereocenters. The number of aliphatic hydroxyl groups is 1. The number of halogens is 1. The van der Waals surface area contributed by atoms with Gasteiger partial charge in [0.15, 0.2) is 5.78 Å². The highest BCUT2D eigenvalue weighted by molar-refractivity contribution is 6.30. The molecule has 166 valence electrons. The SMILES string of the molecule is O=C(c1ccccc1)c1ccc(OC[C@H](O)CN2CCN(c3cccc(Cl)c3)CC2)cc1. The summed E-state index contributed by atoms with van der Waals surface area (Å²) in [5, 5.41) is 11.2. The largest absolute Gasteiger partial charge is 0.491 e. The van der Waals surface area contributed by atoms with Gasteiger partial charge in [-0.3, -0.25) is 9.69 Å². The Morgan fingerprint density at radius 2 is 1.59 bits per heavy atom. The average Bonchev–Trinajstić information content (AvgIpc) is 2.84. The van der Waals surface area contributed by atoms with Crippen LogP contribution in [0.15, 0.2) is 78.9 Å². The standard InChI is InChI=1S/C26H27ClN2O3/c27-22-7-4-8-23(17-22)29-15-13-28(14-16-29)18-24(30)19-32-25-11-9-21(10-12-25)26(31)20-5-2-1-3-6-20/h1-12,17,24,30H,13-16,18-19H2/t24-/m1/s1. The molecule has 1 fully saturated rings. The number of aliphatic hydroxyl groups excluding tert-OH is 1. The van der Waals surface area contributed by atoms with E-state index < -0.39 is 6.10 Å². The number of β-amino-alcohol motifs (C(OH)–C–C–N with tert-alkyl or cyclic N) is 1. The second-order valence-corrected chi connectivity index (χ2v) is 8.39. The molecule has 0 spiro atoms. The van der Waals surface area contributed by atoms with Gasteiger partial charge in [-0.25, -0.2) is 0 Å². The fourth-order valence-corrected chi connectivity index (χ4v) is 4.05. The summed E-state index contributed by atoms with van der Waals surface area (Å²) in [6.45, 7) is 4.31. The Kier molecular flexibility index (Phi) is 7.43.